The van der Waals surface area contributed by atoms with Gasteiger partial charge in [-0.15, -0.1) is 0 Å². The van der Waals surface area contributed by atoms with Gasteiger partial charge in [0.15, 0.2) is 5.96 Å². The van der Waals surface area contributed by atoms with Crippen LogP contribution in [0.4, 0.5) is 0 Å². The summed E-state index contributed by atoms with van der Waals surface area (Å²) in [5, 5.41) is 11.5. The number of nitrogens with two attached hydrogens (primary N) is 2. The molecule has 0 saturated carbocycles. The fourth-order valence-electron chi connectivity index (χ4n) is 4.42. The Kier molecular flexibility index (Phi) is 15.8. The number of benzene rings is 1. The largest absolute Gasteiger partial charge is 0.370 e. The van der Waals surface area contributed by atoms with Crippen LogP contribution in [0.3, 0.4) is 0 Å². The summed E-state index contributed by atoms with van der Waals surface area (Å²) in [6, 6.07) is 10.8. The van der Waals surface area contributed by atoms with Crippen molar-refractivity contribution in [2.45, 2.75) is 71.5 Å². The lowest BCUT2D eigenvalue weighted by atomic mass is 9.99. The third kappa shape index (κ3) is 15.0. The Morgan fingerprint density at radius 2 is 1.56 bits per heavy atom. The van der Waals surface area contributed by atoms with Crippen molar-refractivity contribution in [3.8, 4) is 0 Å². The van der Waals surface area contributed by atoms with E-state index in [-0.39, 0.29) is 67.5 Å². The van der Waals surface area contributed by atoms with Crippen molar-refractivity contribution in [3.63, 3.8) is 0 Å². The number of nitrogens with one attached hydrogen (secondary N) is 4. The lowest BCUT2D eigenvalue weighted by Crippen LogP contribution is -2.57. The maximum Gasteiger partial charge on any atom is 0.244 e. The van der Waals surface area contributed by atoms with Crippen LogP contribution in [0.25, 0.3) is 6.08 Å². The Morgan fingerprint density at radius 1 is 0.889 bits per heavy atom. The molecule has 4 amide bonds. The third-order valence-corrected chi connectivity index (χ3v) is 6.91. The maximum absolute atomic E-state index is 13.5. The lowest BCUT2D eigenvalue weighted by molar-refractivity contribution is -0.132. The molecule has 1 aromatic heterocycles. The van der Waals surface area contributed by atoms with E-state index in [1.165, 1.54) is 6.08 Å². The maximum atomic E-state index is 13.5. The van der Waals surface area contributed by atoms with Gasteiger partial charge in [-0.2, -0.15) is 0 Å². The van der Waals surface area contributed by atoms with Crippen LogP contribution in [0.15, 0.2) is 65.9 Å². The van der Waals surface area contributed by atoms with Crippen LogP contribution in [0.5, 0.6) is 0 Å². The molecule has 0 radical (unpaired) electrons. The Hall–Kier alpha value is -4.74. The van der Waals surface area contributed by atoms with Crippen LogP contribution >= 0.6 is 0 Å². The average Bonchev–Trinajstić information content (AvgIpc) is 2.99. The fourth-order valence-corrected chi connectivity index (χ4v) is 4.42. The van der Waals surface area contributed by atoms with E-state index < -0.39 is 18.0 Å². The van der Waals surface area contributed by atoms with Crippen LogP contribution in [0.1, 0.15) is 58.1 Å². The number of amides is 4. The number of hydrogen-bond acceptors (Lipinski definition) is 6. The molecule has 0 fully saturated rings. The van der Waals surface area contributed by atoms with Crippen LogP contribution in [-0.4, -0.2) is 65.8 Å². The van der Waals surface area contributed by atoms with E-state index in [0.29, 0.717) is 12.8 Å². The molecule has 0 saturated heterocycles. The molecule has 0 aliphatic heterocycles. The first-order chi connectivity index (χ1) is 21.4. The predicted molar refractivity (Wildman–Crippen MR) is 176 cm³/mol. The Balaban J connectivity index is 2.08. The van der Waals surface area contributed by atoms with Crippen molar-refractivity contribution in [1.82, 2.24) is 26.3 Å². The van der Waals surface area contributed by atoms with Gasteiger partial charge >= 0.3 is 0 Å². The van der Waals surface area contributed by atoms with Gasteiger partial charge < -0.3 is 32.7 Å². The van der Waals surface area contributed by atoms with E-state index in [4.69, 9.17) is 11.5 Å². The monoisotopic (exact) mass is 620 g/mol. The molecule has 8 N–H and O–H groups in total. The molecule has 2 aromatic rings. The number of aromatic nitrogens is 1. The second kappa shape index (κ2) is 19.5. The van der Waals surface area contributed by atoms with E-state index in [9.17, 15) is 19.2 Å². The number of pyridine rings is 1. The number of hydrogen-bond donors (Lipinski definition) is 6. The highest BCUT2D eigenvalue weighted by Gasteiger charge is 2.29. The molecule has 12 heteroatoms. The van der Waals surface area contributed by atoms with Crippen molar-refractivity contribution in [2.75, 3.05) is 13.1 Å². The molecule has 1 heterocycles. The van der Waals surface area contributed by atoms with Gasteiger partial charge in [0.05, 0.1) is 6.42 Å². The summed E-state index contributed by atoms with van der Waals surface area (Å²) in [6.07, 6.45) is 7.49. The SMILES string of the molecule is CC(C)C[C@H](NC(=O)[C@H](CCCN=C(N)N)NC(=O)Cc1ccncc1)C(=O)N[C@H](CNC(=O)C=Cc1ccccc1)C(C)C. The van der Waals surface area contributed by atoms with E-state index in [0.717, 1.165) is 11.1 Å². The van der Waals surface area contributed by atoms with Crippen LogP contribution in [0, 0.1) is 11.8 Å². The van der Waals surface area contributed by atoms with Crippen molar-refractivity contribution < 1.29 is 19.2 Å². The number of rotatable bonds is 18. The number of nitrogens with zero attached hydrogens (tertiary/aromatic N) is 2. The van der Waals surface area contributed by atoms with Crippen LogP contribution in [-0.2, 0) is 25.6 Å². The van der Waals surface area contributed by atoms with Gasteiger partial charge in [0, 0.05) is 37.6 Å². The van der Waals surface area contributed by atoms with Gasteiger partial charge in [-0.05, 0) is 60.4 Å². The molecule has 0 aliphatic carbocycles. The highest BCUT2D eigenvalue weighted by atomic mass is 16.2. The molecule has 1 aromatic carbocycles. The summed E-state index contributed by atoms with van der Waals surface area (Å²) in [5.74, 6) is -1.45. The topological polar surface area (TPSA) is 194 Å². The van der Waals surface area contributed by atoms with Gasteiger partial charge in [-0.3, -0.25) is 29.2 Å². The van der Waals surface area contributed by atoms with E-state index in [1.807, 2.05) is 58.0 Å². The number of carbonyl (C=O) groups excluding carboxylic acids is 4. The predicted octanol–water partition coefficient (Wildman–Crippen LogP) is 1.66. The molecule has 0 aliphatic rings. The average molecular weight is 621 g/mol. The Morgan fingerprint density at radius 3 is 2.18 bits per heavy atom. The summed E-state index contributed by atoms with van der Waals surface area (Å²) in [7, 11) is 0. The Labute approximate surface area is 265 Å². The summed E-state index contributed by atoms with van der Waals surface area (Å²) in [5.41, 5.74) is 12.5. The first-order valence-electron chi connectivity index (χ1n) is 15.3. The minimum absolute atomic E-state index is 0.00138. The van der Waals surface area contributed by atoms with Crippen molar-refractivity contribution >= 4 is 35.7 Å². The number of carbonyl (C=O) groups is 4. The van der Waals surface area contributed by atoms with Crippen molar-refractivity contribution in [1.29, 1.82) is 0 Å². The summed E-state index contributed by atoms with van der Waals surface area (Å²) >= 11 is 0. The summed E-state index contributed by atoms with van der Waals surface area (Å²) < 4.78 is 0. The molecular weight excluding hydrogens is 572 g/mol. The minimum Gasteiger partial charge on any atom is -0.370 e. The fraction of sp³-hybridized carbons (Fsp3) is 0.455. The molecule has 12 nitrogen and oxygen atoms in total. The highest BCUT2D eigenvalue weighted by Crippen LogP contribution is 2.10. The normalized spacial score (nSPS) is 13.1. The van der Waals surface area contributed by atoms with Crippen LogP contribution < -0.4 is 32.7 Å². The molecule has 45 heavy (non-hydrogen) atoms. The molecule has 3 atom stereocenters. The van der Waals surface area contributed by atoms with Crippen molar-refractivity contribution in [2.24, 2.45) is 28.3 Å². The standard InChI is InChI=1S/C33H48N8O4/c1-22(2)19-27(32(45)41-28(23(3)4)21-38-29(42)13-12-24-9-6-5-7-10-24)40-31(44)26(11-8-16-37-33(34)35)39-30(43)20-25-14-17-36-18-15-25/h5-7,9-10,12-15,17-18,22-23,26-28H,8,11,16,19-21H2,1-4H3,(H,38,42)(H,39,43)(H,40,44)(H,41,45)(H4,34,35,37)/t26-,27-,28+/m0/s1. The molecule has 244 valence electrons. The van der Waals surface area contributed by atoms with Gasteiger partial charge in [0.2, 0.25) is 23.6 Å². The van der Waals surface area contributed by atoms with Gasteiger partial charge in [-0.25, -0.2) is 0 Å². The number of guanidine groups is 1. The molecule has 2 rings (SSSR count). The zero-order chi connectivity index (χ0) is 33.2. The smallest absolute Gasteiger partial charge is 0.244 e. The molecule has 0 spiro atoms. The quantitative estimate of drug-likeness (QED) is 0.0631. The second-order valence-corrected chi connectivity index (χ2v) is 11.6. The van der Waals surface area contributed by atoms with Crippen molar-refractivity contribution in [3.05, 3.63) is 72.1 Å². The summed E-state index contributed by atoms with van der Waals surface area (Å²) in [6.45, 7) is 8.28. The highest BCUT2D eigenvalue weighted by molar-refractivity contribution is 5.93. The minimum atomic E-state index is -0.910. The second-order valence-electron chi connectivity index (χ2n) is 11.6. The molecule has 0 unspecified atom stereocenters. The first-order valence-corrected chi connectivity index (χ1v) is 15.3. The first kappa shape index (κ1) is 36.5. The molecule has 0 bridgehead atoms. The lowest BCUT2D eigenvalue weighted by Gasteiger charge is -2.28. The van der Waals surface area contributed by atoms with Crippen LogP contribution in [0.2, 0.25) is 0 Å². The van der Waals surface area contributed by atoms with Gasteiger partial charge in [-0.1, -0.05) is 58.0 Å². The zero-order valence-corrected chi connectivity index (χ0v) is 26.7. The summed E-state index contributed by atoms with van der Waals surface area (Å²) in [4.78, 5) is 60.2. The van der Waals surface area contributed by atoms with E-state index in [1.54, 1.807) is 30.6 Å². The zero-order valence-electron chi connectivity index (χ0n) is 26.7. The van der Waals surface area contributed by atoms with E-state index >= 15 is 0 Å². The van der Waals surface area contributed by atoms with E-state index in [2.05, 4.69) is 31.2 Å². The van der Waals surface area contributed by atoms with Gasteiger partial charge in [0.1, 0.15) is 12.1 Å². The number of aliphatic imine (C=N–C) groups is 1. The van der Waals surface area contributed by atoms with Gasteiger partial charge in [0.25, 0.3) is 0 Å². The Bertz CT molecular complexity index is 1280. The third-order valence-electron chi connectivity index (χ3n) is 6.91. The molecular formula is C33H48N8O4.